The molecular weight excluding hydrogens is 231 g/mol. The zero-order valence-corrected chi connectivity index (χ0v) is 8.50. The van der Waals surface area contributed by atoms with Crippen molar-refractivity contribution in [3.05, 3.63) is 34.1 Å². The van der Waals surface area contributed by atoms with Crippen molar-refractivity contribution < 1.29 is 9.31 Å². The number of guanidine groups is 2. The first-order valence-corrected chi connectivity index (χ1v) is 4.28. The number of hydrogen-bond donors (Lipinski definition) is 3. The molecule has 0 fully saturated rings. The summed E-state index contributed by atoms with van der Waals surface area (Å²) in [7, 11) is 0. The fraction of sp³-hybridized carbons (Fsp3) is 0. The summed E-state index contributed by atoms with van der Waals surface area (Å²) in [5.74, 6) is -1.55. The fourth-order valence-corrected chi connectivity index (χ4v) is 1.00. The molecule has 0 aliphatic carbocycles. The van der Waals surface area contributed by atoms with Gasteiger partial charge in [-0.3, -0.25) is 10.1 Å². The fourth-order valence-electron chi connectivity index (χ4n) is 1.00. The molecular formula is C8H9FN6O2. The third-order valence-electron chi connectivity index (χ3n) is 1.61. The first-order valence-electron chi connectivity index (χ1n) is 4.28. The minimum absolute atomic E-state index is 0.0700. The van der Waals surface area contributed by atoms with Crippen molar-refractivity contribution in [1.29, 1.82) is 0 Å². The Morgan fingerprint density at radius 2 is 2.00 bits per heavy atom. The van der Waals surface area contributed by atoms with Gasteiger partial charge in [0.15, 0.2) is 5.96 Å². The Kier molecular flexibility index (Phi) is 3.55. The number of benzene rings is 1. The zero-order chi connectivity index (χ0) is 13.0. The molecule has 0 aromatic heterocycles. The van der Waals surface area contributed by atoms with Crippen LogP contribution in [0.1, 0.15) is 0 Å². The molecule has 0 heterocycles. The zero-order valence-electron chi connectivity index (χ0n) is 8.50. The summed E-state index contributed by atoms with van der Waals surface area (Å²) in [5, 5.41) is 10.5. The van der Waals surface area contributed by atoms with Gasteiger partial charge in [0.2, 0.25) is 11.8 Å². The highest BCUT2D eigenvalue weighted by atomic mass is 19.1. The Hall–Kier alpha value is -2.71. The lowest BCUT2D eigenvalue weighted by atomic mass is 10.3. The first kappa shape index (κ1) is 12.4. The number of nitrogens with two attached hydrogens (primary N) is 3. The van der Waals surface area contributed by atoms with E-state index in [0.29, 0.717) is 0 Å². The number of aliphatic imine (C=N–C) groups is 2. The summed E-state index contributed by atoms with van der Waals surface area (Å²) in [6.45, 7) is 0. The third kappa shape index (κ3) is 3.41. The molecule has 0 bridgehead atoms. The molecule has 0 saturated carbocycles. The number of nitro groups is 1. The number of nitro benzene ring substituents is 1. The van der Waals surface area contributed by atoms with Crippen LogP contribution < -0.4 is 17.2 Å². The van der Waals surface area contributed by atoms with Crippen molar-refractivity contribution in [2.45, 2.75) is 0 Å². The molecule has 6 N–H and O–H groups in total. The van der Waals surface area contributed by atoms with Gasteiger partial charge in [-0.15, -0.1) is 0 Å². The van der Waals surface area contributed by atoms with Crippen molar-refractivity contribution in [3.8, 4) is 0 Å². The molecule has 0 aliphatic heterocycles. The Bertz CT molecular complexity index is 509. The summed E-state index contributed by atoms with van der Waals surface area (Å²) in [6.07, 6.45) is 0. The molecule has 8 nitrogen and oxygen atoms in total. The average molecular weight is 240 g/mol. The van der Waals surface area contributed by atoms with Gasteiger partial charge in [0.1, 0.15) is 0 Å². The number of hydrogen-bond acceptors (Lipinski definition) is 3. The van der Waals surface area contributed by atoms with E-state index in [0.717, 1.165) is 12.1 Å². The summed E-state index contributed by atoms with van der Waals surface area (Å²) >= 11 is 0. The van der Waals surface area contributed by atoms with Crippen LogP contribution in [0.5, 0.6) is 0 Å². The summed E-state index contributed by atoms with van der Waals surface area (Å²) < 4.78 is 13.0. The van der Waals surface area contributed by atoms with E-state index in [1.54, 1.807) is 0 Å². The lowest BCUT2D eigenvalue weighted by molar-refractivity contribution is -0.387. The van der Waals surface area contributed by atoms with Crippen LogP contribution in [0.2, 0.25) is 0 Å². The van der Waals surface area contributed by atoms with Crippen LogP contribution in [0.4, 0.5) is 15.8 Å². The van der Waals surface area contributed by atoms with Crippen LogP contribution in [0, 0.1) is 15.9 Å². The van der Waals surface area contributed by atoms with Crippen molar-refractivity contribution in [3.63, 3.8) is 0 Å². The third-order valence-corrected chi connectivity index (χ3v) is 1.61. The molecule has 0 atom stereocenters. The summed E-state index contributed by atoms with van der Waals surface area (Å²) in [5.41, 5.74) is 14.8. The van der Waals surface area contributed by atoms with Gasteiger partial charge in [-0.25, -0.2) is 4.99 Å². The summed E-state index contributed by atoms with van der Waals surface area (Å²) in [4.78, 5) is 16.7. The number of nitrogens with zero attached hydrogens (tertiary/aromatic N) is 3. The largest absolute Gasteiger partial charge is 0.370 e. The van der Waals surface area contributed by atoms with Crippen LogP contribution in [0.15, 0.2) is 28.2 Å². The van der Waals surface area contributed by atoms with Gasteiger partial charge in [0.05, 0.1) is 10.6 Å². The van der Waals surface area contributed by atoms with Crippen LogP contribution in [0.3, 0.4) is 0 Å². The van der Waals surface area contributed by atoms with E-state index in [9.17, 15) is 14.5 Å². The van der Waals surface area contributed by atoms with E-state index in [1.807, 2.05) is 0 Å². The molecule has 1 rings (SSSR count). The van der Waals surface area contributed by atoms with Gasteiger partial charge in [0.25, 0.3) is 0 Å². The van der Waals surface area contributed by atoms with E-state index in [1.165, 1.54) is 6.07 Å². The molecule has 9 heteroatoms. The smallest absolute Gasteiger partial charge is 0.306 e. The maximum atomic E-state index is 13.0. The normalized spacial score (nSPS) is 11.0. The van der Waals surface area contributed by atoms with Gasteiger partial charge in [-0.2, -0.15) is 9.38 Å². The average Bonchev–Trinajstić information content (AvgIpc) is 2.19. The Balaban J connectivity index is 3.13. The van der Waals surface area contributed by atoms with E-state index in [-0.39, 0.29) is 17.6 Å². The quantitative estimate of drug-likeness (QED) is 0.287. The standard InChI is InChI=1S/C8H9FN6O2/c9-5-2-1-4(3-6(5)15(16)17)13-8(12)14-7(10)11/h1-3H,(H6,10,11,12,13,14). The highest BCUT2D eigenvalue weighted by Crippen LogP contribution is 2.23. The highest BCUT2D eigenvalue weighted by Gasteiger charge is 2.14. The van der Waals surface area contributed by atoms with Crippen molar-refractivity contribution in [2.75, 3.05) is 0 Å². The SMILES string of the molecule is NC(N)=NC(N)=Nc1ccc(F)c([N+](=O)[O-])c1. The minimum Gasteiger partial charge on any atom is -0.370 e. The Labute approximate surface area is 94.8 Å². The Morgan fingerprint density at radius 1 is 1.35 bits per heavy atom. The second-order valence-electron chi connectivity index (χ2n) is 2.90. The van der Waals surface area contributed by atoms with E-state index >= 15 is 0 Å². The molecule has 90 valence electrons. The molecule has 1 aromatic rings. The lowest BCUT2D eigenvalue weighted by Crippen LogP contribution is -2.26. The van der Waals surface area contributed by atoms with E-state index in [4.69, 9.17) is 17.2 Å². The monoisotopic (exact) mass is 240 g/mol. The maximum Gasteiger partial charge on any atom is 0.306 e. The maximum absolute atomic E-state index is 13.0. The minimum atomic E-state index is -0.964. The molecule has 0 radical (unpaired) electrons. The van der Waals surface area contributed by atoms with Crippen molar-refractivity contribution in [2.24, 2.45) is 27.2 Å². The van der Waals surface area contributed by atoms with Gasteiger partial charge in [0, 0.05) is 6.07 Å². The van der Waals surface area contributed by atoms with Gasteiger partial charge >= 0.3 is 5.69 Å². The lowest BCUT2D eigenvalue weighted by Gasteiger charge is -1.97. The van der Waals surface area contributed by atoms with Crippen LogP contribution in [0.25, 0.3) is 0 Å². The molecule has 0 amide bonds. The van der Waals surface area contributed by atoms with Crippen LogP contribution in [-0.2, 0) is 0 Å². The predicted molar refractivity (Wildman–Crippen MR) is 60.1 cm³/mol. The first-order chi connectivity index (χ1) is 7.90. The van der Waals surface area contributed by atoms with Crippen molar-refractivity contribution >= 4 is 23.3 Å². The van der Waals surface area contributed by atoms with Gasteiger partial charge in [-0.1, -0.05) is 0 Å². The Morgan fingerprint density at radius 3 is 2.53 bits per heavy atom. The molecule has 0 aliphatic rings. The molecule has 0 spiro atoms. The second-order valence-corrected chi connectivity index (χ2v) is 2.90. The number of halogens is 1. The highest BCUT2D eigenvalue weighted by molar-refractivity contribution is 5.93. The van der Waals surface area contributed by atoms with Gasteiger partial charge < -0.3 is 17.2 Å². The summed E-state index contributed by atoms with van der Waals surface area (Å²) in [6, 6.07) is 3.03. The molecule has 0 saturated heterocycles. The van der Waals surface area contributed by atoms with Crippen LogP contribution >= 0.6 is 0 Å². The van der Waals surface area contributed by atoms with E-state index in [2.05, 4.69) is 9.98 Å². The van der Waals surface area contributed by atoms with Crippen molar-refractivity contribution in [1.82, 2.24) is 0 Å². The molecule has 17 heavy (non-hydrogen) atoms. The predicted octanol–water partition coefficient (Wildman–Crippen LogP) is -0.0465. The second kappa shape index (κ2) is 4.88. The van der Waals surface area contributed by atoms with Gasteiger partial charge in [-0.05, 0) is 12.1 Å². The topological polar surface area (TPSA) is 146 Å². The van der Waals surface area contributed by atoms with Crippen LogP contribution in [-0.4, -0.2) is 16.8 Å². The molecule has 0 unspecified atom stereocenters. The van der Waals surface area contributed by atoms with E-state index < -0.39 is 16.4 Å². The molecule has 1 aromatic carbocycles. The number of rotatable bonds is 2.